The quantitative estimate of drug-likeness (QED) is 0.607. The van der Waals surface area contributed by atoms with Gasteiger partial charge in [-0.2, -0.15) is 4.68 Å². The summed E-state index contributed by atoms with van der Waals surface area (Å²) in [7, 11) is 0. The van der Waals surface area contributed by atoms with Gasteiger partial charge in [-0.05, 0) is 41.6 Å². The van der Waals surface area contributed by atoms with Gasteiger partial charge in [0, 0.05) is 22.7 Å². The first-order valence-electron chi connectivity index (χ1n) is 6.95. The summed E-state index contributed by atoms with van der Waals surface area (Å²) < 4.78 is 15.4. The van der Waals surface area contributed by atoms with Crippen molar-refractivity contribution in [3.63, 3.8) is 0 Å². The fraction of sp³-hybridized carbons (Fsp3) is 0.0625. The van der Waals surface area contributed by atoms with Crippen molar-refractivity contribution in [2.45, 2.75) is 6.92 Å². The second-order valence-electron chi connectivity index (χ2n) is 5.26. The van der Waals surface area contributed by atoms with Gasteiger partial charge in [0.2, 0.25) is 0 Å². The van der Waals surface area contributed by atoms with E-state index < -0.39 is 5.82 Å². The number of tetrazole rings is 1. The third-order valence-electron chi connectivity index (χ3n) is 3.71. The summed E-state index contributed by atoms with van der Waals surface area (Å²) in [6, 6.07) is 10.8. The number of nitrogens with one attached hydrogen (secondary N) is 1. The van der Waals surface area contributed by atoms with Gasteiger partial charge >= 0.3 is 0 Å². The highest BCUT2D eigenvalue weighted by Crippen LogP contribution is 2.31. The number of nitrogens with zero attached hydrogens (tertiary/aromatic N) is 4. The van der Waals surface area contributed by atoms with Crippen LogP contribution >= 0.6 is 11.6 Å². The Labute approximate surface area is 135 Å². The van der Waals surface area contributed by atoms with E-state index in [2.05, 4.69) is 20.5 Å². The van der Waals surface area contributed by atoms with Crippen molar-refractivity contribution in [2.24, 2.45) is 0 Å². The number of aryl methyl sites for hydroxylation is 1. The van der Waals surface area contributed by atoms with E-state index in [0.717, 1.165) is 16.8 Å². The average molecular weight is 328 g/mol. The molecule has 0 saturated carbocycles. The van der Waals surface area contributed by atoms with Gasteiger partial charge in [0.05, 0.1) is 10.7 Å². The summed E-state index contributed by atoms with van der Waals surface area (Å²) in [5.41, 5.74) is 3.41. The molecule has 0 saturated heterocycles. The van der Waals surface area contributed by atoms with E-state index in [1.54, 1.807) is 16.9 Å². The van der Waals surface area contributed by atoms with Crippen LogP contribution in [-0.2, 0) is 0 Å². The minimum atomic E-state index is -0.477. The summed E-state index contributed by atoms with van der Waals surface area (Å²) in [6.45, 7) is 2.01. The highest BCUT2D eigenvalue weighted by molar-refractivity contribution is 6.31. The molecule has 4 rings (SSSR count). The molecule has 2 heterocycles. The van der Waals surface area contributed by atoms with E-state index in [1.807, 2.05) is 31.2 Å². The lowest BCUT2D eigenvalue weighted by Crippen LogP contribution is -1.99. The number of halogens is 2. The fourth-order valence-electron chi connectivity index (χ4n) is 2.52. The average Bonchev–Trinajstić information content (AvgIpc) is 3.15. The minimum absolute atomic E-state index is 0.0732. The van der Waals surface area contributed by atoms with Gasteiger partial charge in [0.15, 0.2) is 5.82 Å². The molecule has 0 amide bonds. The number of hydrogen-bond donors (Lipinski definition) is 1. The lowest BCUT2D eigenvalue weighted by atomic mass is 10.1. The minimum Gasteiger partial charge on any atom is -0.360 e. The number of aromatic amines is 1. The Morgan fingerprint density at radius 2 is 1.96 bits per heavy atom. The van der Waals surface area contributed by atoms with Crippen LogP contribution in [-0.4, -0.2) is 25.2 Å². The van der Waals surface area contributed by atoms with Gasteiger partial charge in [0.1, 0.15) is 5.82 Å². The molecule has 0 bridgehead atoms. The van der Waals surface area contributed by atoms with Gasteiger partial charge in [-0.15, -0.1) is 5.10 Å². The van der Waals surface area contributed by atoms with E-state index >= 15 is 0 Å². The monoisotopic (exact) mass is 327 g/mol. The number of aromatic nitrogens is 5. The molecule has 0 aliphatic carbocycles. The van der Waals surface area contributed by atoms with Gasteiger partial charge < -0.3 is 4.98 Å². The molecular formula is C16H11ClFN5. The first-order valence-corrected chi connectivity index (χ1v) is 7.33. The number of hydrogen-bond acceptors (Lipinski definition) is 3. The summed E-state index contributed by atoms with van der Waals surface area (Å²) in [6.07, 6.45) is 1.75. The first-order chi connectivity index (χ1) is 11.1. The highest BCUT2D eigenvalue weighted by Gasteiger charge is 2.16. The van der Waals surface area contributed by atoms with Gasteiger partial charge in [-0.3, -0.25) is 0 Å². The highest BCUT2D eigenvalue weighted by atomic mass is 35.5. The Balaban J connectivity index is 1.91. The fourth-order valence-corrected chi connectivity index (χ4v) is 2.68. The van der Waals surface area contributed by atoms with E-state index in [-0.39, 0.29) is 5.02 Å². The molecule has 0 radical (unpaired) electrons. The summed E-state index contributed by atoms with van der Waals surface area (Å²) in [4.78, 5) is 3.07. The molecule has 0 unspecified atom stereocenters. The van der Waals surface area contributed by atoms with Crippen molar-refractivity contribution in [3.8, 4) is 17.1 Å². The van der Waals surface area contributed by atoms with Crippen LogP contribution in [0.3, 0.4) is 0 Å². The lowest BCUT2D eigenvalue weighted by Gasteiger charge is -2.04. The van der Waals surface area contributed by atoms with Crippen LogP contribution in [0.15, 0.2) is 42.6 Å². The smallest absolute Gasteiger partial charge is 0.189 e. The predicted octanol–water partition coefficient (Wildman–Crippen LogP) is 3.91. The summed E-state index contributed by atoms with van der Waals surface area (Å²) in [5, 5.41) is 12.6. The Morgan fingerprint density at radius 3 is 2.74 bits per heavy atom. The zero-order valence-electron chi connectivity index (χ0n) is 12.1. The van der Waals surface area contributed by atoms with Gasteiger partial charge in [0.25, 0.3) is 0 Å². The molecular weight excluding hydrogens is 317 g/mol. The topological polar surface area (TPSA) is 59.4 Å². The van der Waals surface area contributed by atoms with Crippen molar-refractivity contribution in [1.82, 2.24) is 25.2 Å². The number of fused-ring (bicyclic) bond motifs is 1. The molecule has 0 aliphatic rings. The molecule has 0 fully saturated rings. The van der Waals surface area contributed by atoms with Crippen molar-refractivity contribution < 1.29 is 4.39 Å². The Hall–Kier alpha value is -2.73. The molecule has 114 valence electrons. The molecule has 4 aromatic rings. The van der Waals surface area contributed by atoms with Crippen molar-refractivity contribution in [3.05, 3.63) is 59.0 Å². The Morgan fingerprint density at radius 1 is 1.17 bits per heavy atom. The van der Waals surface area contributed by atoms with Gasteiger partial charge in [-0.1, -0.05) is 29.3 Å². The SMILES string of the molecule is Cc1ccc(-n2nnnc2-c2c[nH]c3cc(Cl)c(F)cc23)cc1. The predicted molar refractivity (Wildman–Crippen MR) is 86.2 cm³/mol. The van der Waals surface area contributed by atoms with Crippen LogP contribution in [0.1, 0.15) is 5.56 Å². The maximum Gasteiger partial charge on any atom is 0.189 e. The zero-order valence-corrected chi connectivity index (χ0v) is 12.8. The van der Waals surface area contributed by atoms with E-state index in [9.17, 15) is 4.39 Å². The molecule has 0 atom stereocenters. The number of benzene rings is 2. The van der Waals surface area contributed by atoms with Crippen LogP contribution in [0, 0.1) is 12.7 Å². The van der Waals surface area contributed by atoms with E-state index in [1.165, 1.54) is 6.07 Å². The van der Waals surface area contributed by atoms with Crippen LogP contribution in [0.2, 0.25) is 5.02 Å². The summed E-state index contributed by atoms with van der Waals surface area (Å²) >= 11 is 5.82. The third-order valence-corrected chi connectivity index (χ3v) is 4.00. The first kappa shape index (κ1) is 13.9. The van der Waals surface area contributed by atoms with Crippen LogP contribution in [0.5, 0.6) is 0 Å². The lowest BCUT2D eigenvalue weighted by molar-refractivity contribution is 0.630. The third kappa shape index (κ3) is 2.27. The second kappa shape index (κ2) is 5.17. The number of rotatable bonds is 2. The largest absolute Gasteiger partial charge is 0.360 e. The van der Waals surface area contributed by atoms with E-state index in [4.69, 9.17) is 11.6 Å². The molecule has 0 spiro atoms. The maximum absolute atomic E-state index is 13.8. The Bertz CT molecular complexity index is 1000. The maximum atomic E-state index is 13.8. The van der Waals surface area contributed by atoms with Crippen molar-refractivity contribution in [1.29, 1.82) is 0 Å². The van der Waals surface area contributed by atoms with Crippen LogP contribution in [0.4, 0.5) is 4.39 Å². The molecule has 5 nitrogen and oxygen atoms in total. The molecule has 0 aliphatic heterocycles. The molecule has 2 aromatic heterocycles. The molecule has 1 N–H and O–H groups in total. The molecule has 7 heteroatoms. The molecule has 2 aromatic carbocycles. The van der Waals surface area contributed by atoms with Crippen molar-refractivity contribution in [2.75, 3.05) is 0 Å². The standard InChI is InChI=1S/C16H11ClFN5/c1-9-2-4-10(5-3-9)23-16(20-21-22-23)12-8-19-15-7-13(17)14(18)6-11(12)15/h2-8,19H,1H3. The molecule has 23 heavy (non-hydrogen) atoms. The van der Waals surface area contributed by atoms with E-state index in [0.29, 0.717) is 16.8 Å². The second-order valence-corrected chi connectivity index (χ2v) is 5.67. The van der Waals surface area contributed by atoms with Gasteiger partial charge in [-0.25, -0.2) is 4.39 Å². The number of H-pyrrole nitrogens is 1. The van der Waals surface area contributed by atoms with Crippen LogP contribution in [0.25, 0.3) is 28.0 Å². The zero-order chi connectivity index (χ0) is 16.0. The van der Waals surface area contributed by atoms with Crippen LogP contribution < -0.4 is 0 Å². The van der Waals surface area contributed by atoms with Crippen molar-refractivity contribution >= 4 is 22.5 Å². The normalized spacial score (nSPS) is 11.3. The Kier molecular flexibility index (Phi) is 3.12. The summed E-state index contributed by atoms with van der Waals surface area (Å²) in [5.74, 6) is 0.0520.